The molecule has 0 bridgehead atoms. The van der Waals surface area contributed by atoms with E-state index in [1.165, 1.54) is 0 Å². The van der Waals surface area contributed by atoms with E-state index >= 15 is 0 Å². The van der Waals surface area contributed by atoms with E-state index in [9.17, 15) is 0 Å². The first-order valence-electron chi connectivity index (χ1n) is 2.52. The van der Waals surface area contributed by atoms with Crippen LogP contribution in [0.2, 0.25) is 0 Å². The molecular formula is C5H5NO4PbS. The topological polar surface area (TPSA) is 93.2 Å². The number of hydrogen-bond donors (Lipinski definition) is 0. The Balaban J connectivity index is 0. The molecule has 1 rings (SSSR count). The summed E-state index contributed by atoms with van der Waals surface area (Å²) in [5.41, 5.74) is 0. The van der Waals surface area contributed by atoms with Crippen LogP contribution in [0.3, 0.4) is 0 Å². The molecular weight excluding hydrogens is 377 g/mol. The molecule has 1 aromatic rings. The maximum Gasteiger partial charge on any atom is 2.00 e. The van der Waals surface area contributed by atoms with Gasteiger partial charge < -0.3 is 9.11 Å². The average Bonchev–Trinajstić information content (AvgIpc) is 1.88. The van der Waals surface area contributed by atoms with Gasteiger partial charge >= 0.3 is 27.3 Å². The van der Waals surface area contributed by atoms with Gasteiger partial charge in [-0.3, -0.25) is 13.4 Å². The fourth-order valence-electron chi connectivity index (χ4n) is 0.313. The maximum atomic E-state index is 8.52. The summed E-state index contributed by atoms with van der Waals surface area (Å²) in [5.74, 6) is 0. The van der Waals surface area contributed by atoms with Crippen molar-refractivity contribution < 1.29 is 17.5 Å². The zero-order valence-electron chi connectivity index (χ0n) is 5.88. The van der Waals surface area contributed by atoms with Crippen LogP contribution in [0, 0.1) is 0 Å². The van der Waals surface area contributed by atoms with E-state index < -0.39 is 10.4 Å². The molecule has 1 aromatic heterocycles. The Hall–Kier alpha value is -0.0579. The molecule has 0 atom stereocenters. The smallest absolute Gasteiger partial charge is 0.759 e. The van der Waals surface area contributed by atoms with Crippen LogP contribution in [0.4, 0.5) is 0 Å². The van der Waals surface area contributed by atoms with E-state index in [4.69, 9.17) is 17.5 Å². The summed E-state index contributed by atoms with van der Waals surface area (Å²) in [5, 5.41) is 0. The first-order valence-corrected chi connectivity index (χ1v) is 3.85. The van der Waals surface area contributed by atoms with Crippen LogP contribution in [0.5, 0.6) is 0 Å². The van der Waals surface area contributed by atoms with Gasteiger partial charge in [0.05, 0.1) is 0 Å². The van der Waals surface area contributed by atoms with Crippen molar-refractivity contribution in [3.05, 3.63) is 30.6 Å². The van der Waals surface area contributed by atoms with E-state index in [0.29, 0.717) is 0 Å². The third-order valence-corrected chi connectivity index (χ3v) is 0.566. The Labute approximate surface area is 90.6 Å². The summed E-state index contributed by atoms with van der Waals surface area (Å²) >= 11 is 0. The largest absolute Gasteiger partial charge is 2.00 e. The molecule has 5 nitrogen and oxygen atoms in total. The molecule has 0 fully saturated rings. The van der Waals surface area contributed by atoms with Crippen LogP contribution in [0.1, 0.15) is 0 Å². The van der Waals surface area contributed by atoms with Crippen molar-refractivity contribution in [3.8, 4) is 0 Å². The van der Waals surface area contributed by atoms with Crippen LogP contribution >= 0.6 is 0 Å². The van der Waals surface area contributed by atoms with Crippen LogP contribution in [-0.4, -0.2) is 49.8 Å². The predicted molar refractivity (Wildman–Crippen MR) is 40.5 cm³/mol. The fraction of sp³-hybridized carbons (Fsp3) is 0. The summed E-state index contributed by atoms with van der Waals surface area (Å²) in [4.78, 5) is 3.78. The van der Waals surface area contributed by atoms with Gasteiger partial charge in [0.25, 0.3) is 0 Å². The van der Waals surface area contributed by atoms with Gasteiger partial charge in [-0.1, -0.05) is 6.07 Å². The van der Waals surface area contributed by atoms with Gasteiger partial charge in [0, 0.05) is 22.8 Å². The number of nitrogens with zero attached hydrogens (tertiary/aromatic N) is 1. The van der Waals surface area contributed by atoms with Gasteiger partial charge in [0.15, 0.2) is 0 Å². The van der Waals surface area contributed by atoms with E-state index in [2.05, 4.69) is 4.98 Å². The molecule has 12 heavy (non-hydrogen) atoms. The zero-order chi connectivity index (χ0) is 8.74. The molecule has 2 radical (unpaired) electrons. The molecule has 0 unspecified atom stereocenters. The minimum atomic E-state index is -5.17. The standard InChI is InChI=1S/C5H5N.H2O4S.Pb/c1-2-4-6-5-3-1;1-5(2,3)4;/h1-5H;(H2,1,2,3,4);/q;;+2/p-2. The third-order valence-electron chi connectivity index (χ3n) is 0.566. The van der Waals surface area contributed by atoms with Crippen LogP contribution in [0.15, 0.2) is 30.6 Å². The molecule has 0 aromatic carbocycles. The van der Waals surface area contributed by atoms with Gasteiger partial charge in [-0.15, -0.1) is 0 Å². The first kappa shape index (κ1) is 14.5. The van der Waals surface area contributed by atoms with Gasteiger partial charge in [-0.05, 0) is 12.1 Å². The maximum absolute atomic E-state index is 8.52. The van der Waals surface area contributed by atoms with Crippen LogP contribution < -0.4 is 0 Å². The monoisotopic (exact) mass is 383 g/mol. The minimum Gasteiger partial charge on any atom is -0.759 e. The third kappa shape index (κ3) is 22.5. The molecule has 0 saturated heterocycles. The zero-order valence-corrected chi connectivity index (χ0v) is 10.6. The van der Waals surface area contributed by atoms with Crippen molar-refractivity contribution in [2.24, 2.45) is 0 Å². The molecule has 1 heterocycles. The Kier molecular flexibility index (Phi) is 9.14. The summed E-state index contributed by atoms with van der Waals surface area (Å²) in [6.07, 6.45) is 3.50. The van der Waals surface area contributed by atoms with Crippen molar-refractivity contribution in [2.75, 3.05) is 0 Å². The molecule has 0 amide bonds. The number of rotatable bonds is 0. The number of hydrogen-bond acceptors (Lipinski definition) is 5. The van der Waals surface area contributed by atoms with E-state index in [1.54, 1.807) is 12.4 Å². The normalized spacial score (nSPS) is 8.83. The Morgan fingerprint density at radius 1 is 1.00 bits per heavy atom. The van der Waals surface area contributed by atoms with Crippen molar-refractivity contribution >= 4 is 37.7 Å². The van der Waals surface area contributed by atoms with Crippen LogP contribution in [-0.2, 0) is 10.4 Å². The Morgan fingerprint density at radius 2 is 1.33 bits per heavy atom. The molecule has 64 valence electrons. The van der Waals surface area contributed by atoms with E-state index in [0.717, 1.165) is 0 Å². The van der Waals surface area contributed by atoms with Gasteiger partial charge in [0.2, 0.25) is 0 Å². The van der Waals surface area contributed by atoms with Crippen molar-refractivity contribution in [2.45, 2.75) is 0 Å². The van der Waals surface area contributed by atoms with Gasteiger partial charge in [0.1, 0.15) is 0 Å². The van der Waals surface area contributed by atoms with Crippen molar-refractivity contribution in [1.82, 2.24) is 4.98 Å². The molecule has 0 aliphatic carbocycles. The Bertz CT molecular complexity index is 240. The van der Waals surface area contributed by atoms with Crippen molar-refractivity contribution in [3.63, 3.8) is 0 Å². The second kappa shape index (κ2) is 7.58. The minimum absolute atomic E-state index is 0. The second-order valence-electron chi connectivity index (χ2n) is 1.43. The first-order chi connectivity index (χ1) is 5.00. The fourth-order valence-corrected chi connectivity index (χ4v) is 0.313. The molecule has 0 N–H and O–H groups in total. The second-order valence-corrected chi connectivity index (χ2v) is 2.25. The average molecular weight is 382 g/mol. The molecule has 0 saturated carbocycles. The van der Waals surface area contributed by atoms with Gasteiger partial charge in [-0.2, -0.15) is 0 Å². The van der Waals surface area contributed by atoms with Crippen molar-refractivity contribution in [1.29, 1.82) is 0 Å². The summed E-state index contributed by atoms with van der Waals surface area (Å²) in [6.45, 7) is 0. The summed E-state index contributed by atoms with van der Waals surface area (Å²) < 4.78 is 34.1. The molecule has 7 heteroatoms. The predicted octanol–water partition coefficient (Wildman–Crippen LogP) is -0.637. The Morgan fingerprint density at radius 3 is 1.42 bits per heavy atom. The summed E-state index contributed by atoms with van der Waals surface area (Å²) in [6, 6.07) is 5.72. The number of pyridine rings is 1. The molecule has 0 aliphatic heterocycles. The van der Waals surface area contributed by atoms with Crippen LogP contribution in [0.25, 0.3) is 0 Å². The quantitative estimate of drug-likeness (QED) is 0.338. The summed E-state index contributed by atoms with van der Waals surface area (Å²) in [7, 11) is -5.17. The number of aromatic nitrogens is 1. The van der Waals surface area contributed by atoms with E-state index in [-0.39, 0.29) is 27.3 Å². The molecule has 0 spiro atoms. The molecule has 0 aliphatic rings. The van der Waals surface area contributed by atoms with Gasteiger partial charge in [-0.25, -0.2) is 0 Å². The SMILES string of the molecule is O=S(=O)([O-])[O-].[Pb+2].c1ccncc1. The van der Waals surface area contributed by atoms with E-state index in [1.807, 2.05) is 18.2 Å².